The molecule has 0 saturated carbocycles. The molecule has 0 fully saturated rings. The molecule has 6 aromatic rings. The van der Waals surface area contributed by atoms with E-state index in [9.17, 15) is 0 Å². The van der Waals surface area contributed by atoms with E-state index in [0.717, 1.165) is 122 Å². The Balaban J connectivity index is 1.74. The lowest BCUT2D eigenvalue weighted by Gasteiger charge is -2.10. The van der Waals surface area contributed by atoms with Gasteiger partial charge in [-0.2, -0.15) is 0 Å². The number of aromatic amines is 4. The zero-order valence-electron chi connectivity index (χ0n) is 36.4. The number of hydrogen-bond acceptors (Lipinski definition) is 2. The molecule has 0 amide bonds. The fourth-order valence-corrected chi connectivity index (χ4v) is 9.33. The number of fused-ring (bicyclic) bond motifs is 8. The van der Waals surface area contributed by atoms with Gasteiger partial charge in [0.15, 0.2) is 0 Å². The van der Waals surface area contributed by atoms with Gasteiger partial charge in [0.05, 0.1) is 22.1 Å². The summed E-state index contributed by atoms with van der Waals surface area (Å²) < 4.78 is 0. The second-order valence-electron chi connectivity index (χ2n) is 16.8. The molecule has 1 aliphatic heterocycles. The van der Waals surface area contributed by atoms with Crippen LogP contribution in [-0.2, 0) is 25.7 Å². The number of nitrogens with one attached hydrogen (secondary N) is 4. The van der Waals surface area contributed by atoms with E-state index in [0.29, 0.717) is 0 Å². The molecular weight excluding hydrogens is 709 g/mol. The van der Waals surface area contributed by atoms with Crippen LogP contribution in [-0.4, -0.2) is 19.9 Å². The van der Waals surface area contributed by atoms with Crippen LogP contribution in [0.2, 0.25) is 0 Å². The minimum atomic E-state index is 0.763. The summed E-state index contributed by atoms with van der Waals surface area (Å²) in [6, 6.07) is 16.9. The molecule has 0 atom stereocenters. The molecule has 7 rings (SSSR count). The van der Waals surface area contributed by atoms with Crippen LogP contribution in [0.15, 0.2) is 48.5 Å². The molecule has 0 unspecified atom stereocenters. The summed E-state index contributed by atoms with van der Waals surface area (Å²) in [5, 5.41) is 4.65. The van der Waals surface area contributed by atoms with E-state index < -0.39 is 0 Å². The van der Waals surface area contributed by atoms with Crippen LogP contribution in [0.25, 0.3) is 23.3 Å². The second kappa shape index (κ2) is 17.6. The minimum Gasteiger partial charge on any atom is -0.399 e. The fourth-order valence-electron chi connectivity index (χ4n) is 9.33. The monoisotopic (exact) mass is 775 g/mol. The molecular formula is C52H66N6. The lowest BCUT2D eigenvalue weighted by atomic mass is 9.94. The third kappa shape index (κ3) is 7.78. The standard InChI is InChI=1S/C52H66N6/c1-9-13-23-39-31(5)49-47(35-19-17-21-37(53)27-35)50-33(7)41(25-15-11-3)45(57-50)30-46-42(26-16-12-4)34(8)52(58-46)48(36-20-18-22-38(54)28-36)51-32(6)40(24-14-10-2)44(56-51)29-43(39)55-49/h17-22,27-30,55-58H,9-16,23-26,53-54H2,1-8H3. The van der Waals surface area contributed by atoms with Gasteiger partial charge >= 0.3 is 0 Å². The Kier molecular flexibility index (Phi) is 12.4. The van der Waals surface area contributed by atoms with Gasteiger partial charge in [0.25, 0.3) is 0 Å². The maximum absolute atomic E-state index is 6.57. The summed E-state index contributed by atoms with van der Waals surface area (Å²) in [6.45, 7) is 18.4. The van der Waals surface area contributed by atoms with Gasteiger partial charge in [-0.25, -0.2) is 0 Å². The van der Waals surface area contributed by atoms with Crippen LogP contribution in [0, 0.1) is 27.7 Å². The molecule has 6 heteroatoms. The van der Waals surface area contributed by atoms with Crippen molar-refractivity contribution in [2.45, 2.75) is 132 Å². The molecule has 0 spiro atoms. The second-order valence-corrected chi connectivity index (χ2v) is 16.8. The van der Waals surface area contributed by atoms with E-state index in [1.807, 2.05) is 12.1 Å². The number of unbranched alkanes of at least 4 members (excludes halogenated alkanes) is 4. The molecule has 0 aliphatic carbocycles. The fraction of sp³-hybridized carbons (Fsp3) is 0.385. The Labute approximate surface area is 345 Å². The predicted molar refractivity (Wildman–Crippen MR) is 247 cm³/mol. The molecule has 8 N–H and O–H groups in total. The molecule has 4 aromatic heterocycles. The molecule has 2 aromatic carbocycles. The number of hydrogen-bond donors (Lipinski definition) is 6. The first-order chi connectivity index (χ1) is 28.1. The highest BCUT2D eigenvalue weighted by molar-refractivity contribution is 5.84. The van der Waals surface area contributed by atoms with E-state index in [1.54, 1.807) is 0 Å². The van der Waals surface area contributed by atoms with Crippen molar-refractivity contribution in [2.24, 2.45) is 0 Å². The molecule has 6 nitrogen and oxygen atoms in total. The first-order valence-corrected chi connectivity index (χ1v) is 22.1. The summed E-state index contributed by atoms with van der Waals surface area (Å²) in [4.78, 5) is 16.3. The SMILES string of the molecule is CCCCc1c2[nH]c(c1C)C(c1cccc(N)c1)=c1[nH]c(c(CCCC)c1C)=Cc1[nH]c(c(C)c1CCCC)C(c1cccc(N)c1)=c1[nH]c(c(CCCC)c1C)=C2. The normalized spacial score (nSPS) is 12.6. The maximum Gasteiger partial charge on any atom is 0.0518 e. The number of aromatic nitrogens is 4. The highest BCUT2D eigenvalue weighted by Gasteiger charge is 2.24. The lowest BCUT2D eigenvalue weighted by Crippen LogP contribution is -2.18. The summed E-state index contributed by atoms with van der Waals surface area (Å²) in [5.74, 6) is 0. The summed E-state index contributed by atoms with van der Waals surface area (Å²) in [7, 11) is 0. The summed E-state index contributed by atoms with van der Waals surface area (Å²) in [6.07, 6.45) is 17.8. The van der Waals surface area contributed by atoms with Gasteiger partial charge in [0, 0.05) is 44.6 Å². The molecule has 0 saturated heterocycles. The molecule has 304 valence electrons. The van der Waals surface area contributed by atoms with Crippen molar-refractivity contribution < 1.29 is 0 Å². The number of benzene rings is 2. The highest BCUT2D eigenvalue weighted by Crippen LogP contribution is 2.33. The van der Waals surface area contributed by atoms with Crippen LogP contribution >= 0.6 is 0 Å². The number of rotatable bonds is 14. The predicted octanol–water partition coefficient (Wildman–Crippen LogP) is 9.23. The van der Waals surface area contributed by atoms with Crippen LogP contribution in [0.5, 0.6) is 0 Å². The van der Waals surface area contributed by atoms with Crippen LogP contribution in [0.1, 0.15) is 157 Å². The van der Waals surface area contributed by atoms with Gasteiger partial charge < -0.3 is 31.4 Å². The van der Waals surface area contributed by atoms with Crippen LogP contribution < -0.4 is 32.9 Å². The molecule has 8 bridgehead atoms. The summed E-state index contributed by atoms with van der Waals surface area (Å²) >= 11 is 0. The number of H-pyrrole nitrogens is 4. The van der Waals surface area contributed by atoms with Crippen molar-refractivity contribution in [2.75, 3.05) is 11.5 Å². The van der Waals surface area contributed by atoms with E-state index in [1.165, 1.54) is 77.7 Å². The molecule has 5 heterocycles. The smallest absolute Gasteiger partial charge is 0.0518 e. The van der Waals surface area contributed by atoms with Crippen LogP contribution in [0.3, 0.4) is 0 Å². The highest BCUT2D eigenvalue weighted by atomic mass is 14.8. The van der Waals surface area contributed by atoms with Gasteiger partial charge in [-0.3, -0.25) is 0 Å². The number of anilines is 2. The van der Waals surface area contributed by atoms with E-state index >= 15 is 0 Å². The first kappa shape index (κ1) is 40.8. The summed E-state index contributed by atoms with van der Waals surface area (Å²) in [5.41, 5.74) is 34.6. The number of nitrogen functional groups attached to an aromatic ring is 2. The van der Waals surface area contributed by atoms with E-state index in [4.69, 9.17) is 11.5 Å². The third-order valence-corrected chi connectivity index (χ3v) is 12.7. The Morgan fingerprint density at radius 2 is 0.810 bits per heavy atom. The Hall–Kier alpha value is -5.36. The number of nitrogens with two attached hydrogens (primary N) is 2. The molecule has 1 aliphatic rings. The lowest BCUT2D eigenvalue weighted by molar-refractivity contribution is 0.788. The largest absolute Gasteiger partial charge is 0.399 e. The van der Waals surface area contributed by atoms with E-state index in [-0.39, 0.29) is 0 Å². The van der Waals surface area contributed by atoms with E-state index in [2.05, 4.69) is 124 Å². The first-order valence-electron chi connectivity index (χ1n) is 22.1. The molecule has 58 heavy (non-hydrogen) atoms. The van der Waals surface area contributed by atoms with Crippen molar-refractivity contribution in [1.82, 2.24) is 19.9 Å². The van der Waals surface area contributed by atoms with Crippen molar-refractivity contribution in [1.29, 1.82) is 0 Å². The average Bonchev–Trinajstić information content (AvgIpc) is 3.88. The zero-order valence-corrected chi connectivity index (χ0v) is 36.4. The minimum absolute atomic E-state index is 0.763. The Morgan fingerprint density at radius 3 is 1.16 bits per heavy atom. The third-order valence-electron chi connectivity index (χ3n) is 12.7. The van der Waals surface area contributed by atoms with Gasteiger partial charge in [-0.05, 0) is 171 Å². The van der Waals surface area contributed by atoms with Gasteiger partial charge in [-0.15, -0.1) is 0 Å². The zero-order chi connectivity index (χ0) is 41.1. The topological polar surface area (TPSA) is 115 Å². The Bertz CT molecular complexity index is 2500. The van der Waals surface area contributed by atoms with Gasteiger partial charge in [0.2, 0.25) is 0 Å². The van der Waals surface area contributed by atoms with Crippen molar-refractivity contribution >= 4 is 34.7 Å². The van der Waals surface area contributed by atoms with Gasteiger partial charge in [0.1, 0.15) is 0 Å². The van der Waals surface area contributed by atoms with Crippen molar-refractivity contribution in [3.05, 3.63) is 148 Å². The van der Waals surface area contributed by atoms with Gasteiger partial charge in [-0.1, -0.05) is 77.6 Å². The van der Waals surface area contributed by atoms with Crippen molar-refractivity contribution in [3.63, 3.8) is 0 Å². The van der Waals surface area contributed by atoms with Crippen molar-refractivity contribution in [3.8, 4) is 0 Å². The maximum atomic E-state index is 6.57. The Morgan fingerprint density at radius 1 is 0.448 bits per heavy atom. The van der Waals surface area contributed by atoms with Crippen LogP contribution in [0.4, 0.5) is 11.4 Å². The average molecular weight is 775 g/mol. The molecule has 0 radical (unpaired) electrons. The quantitative estimate of drug-likeness (QED) is 0.0619.